The first-order valence-electron chi connectivity index (χ1n) is 10.3. The quantitative estimate of drug-likeness (QED) is 0.613. The molecule has 1 aliphatic rings. The van der Waals surface area contributed by atoms with Crippen molar-refractivity contribution in [3.05, 3.63) is 83.9 Å². The van der Waals surface area contributed by atoms with Gasteiger partial charge in [0.25, 0.3) is 5.91 Å². The summed E-state index contributed by atoms with van der Waals surface area (Å²) in [5, 5.41) is 8.97. The van der Waals surface area contributed by atoms with Gasteiger partial charge in [-0.25, -0.2) is 8.42 Å². The van der Waals surface area contributed by atoms with E-state index in [1.54, 1.807) is 29.2 Å². The number of amides is 1. The first-order chi connectivity index (χ1) is 15.4. The molecule has 7 heteroatoms. The number of benzene rings is 3. The second-order valence-electron chi connectivity index (χ2n) is 7.78. The van der Waals surface area contributed by atoms with Crippen molar-refractivity contribution in [1.82, 2.24) is 4.90 Å². The Morgan fingerprint density at radius 2 is 1.56 bits per heavy atom. The summed E-state index contributed by atoms with van der Waals surface area (Å²) in [6.45, 7) is 2.36. The maximum Gasteiger partial charge on any atom is 0.254 e. The fraction of sp³-hybridized carbons (Fsp3) is 0.200. The van der Waals surface area contributed by atoms with Gasteiger partial charge in [0.15, 0.2) is 9.84 Å². The van der Waals surface area contributed by atoms with E-state index in [0.29, 0.717) is 37.3 Å². The van der Waals surface area contributed by atoms with Gasteiger partial charge in [-0.2, -0.15) is 5.26 Å². The van der Waals surface area contributed by atoms with E-state index in [1.807, 2.05) is 42.5 Å². The molecule has 0 spiro atoms. The van der Waals surface area contributed by atoms with Crippen LogP contribution < -0.4 is 4.90 Å². The monoisotopic (exact) mass is 445 g/mol. The van der Waals surface area contributed by atoms with Crippen LogP contribution in [0.5, 0.6) is 0 Å². The molecule has 1 saturated heterocycles. The van der Waals surface area contributed by atoms with Crippen molar-refractivity contribution in [3.8, 4) is 17.2 Å². The zero-order valence-corrected chi connectivity index (χ0v) is 18.5. The smallest absolute Gasteiger partial charge is 0.254 e. The lowest BCUT2D eigenvalue weighted by Gasteiger charge is -2.36. The number of anilines is 1. The zero-order chi connectivity index (χ0) is 22.7. The zero-order valence-electron chi connectivity index (χ0n) is 17.7. The van der Waals surface area contributed by atoms with Crippen LogP contribution in [-0.2, 0) is 9.84 Å². The summed E-state index contributed by atoms with van der Waals surface area (Å²) in [5.41, 5.74) is 3.61. The highest BCUT2D eigenvalue weighted by Crippen LogP contribution is 2.28. The standard InChI is InChI=1S/C25H23N3O3S/c1-32(30,31)22-11-12-23(20-5-3-2-4-6-20)24(17-22)25(29)28-15-13-27(14-16-28)21-9-7-19(18-26)8-10-21/h2-12,17H,13-16H2,1H3. The third-order valence-electron chi connectivity index (χ3n) is 5.66. The first kappa shape index (κ1) is 21.6. The van der Waals surface area contributed by atoms with Crippen LogP contribution >= 0.6 is 0 Å². The average molecular weight is 446 g/mol. The number of nitrogens with zero attached hydrogens (tertiary/aromatic N) is 3. The topological polar surface area (TPSA) is 81.5 Å². The molecule has 0 aliphatic carbocycles. The van der Waals surface area contributed by atoms with Crippen molar-refractivity contribution in [1.29, 1.82) is 5.26 Å². The van der Waals surface area contributed by atoms with E-state index in [9.17, 15) is 13.2 Å². The molecular weight excluding hydrogens is 422 g/mol. The van der Waals surface area contributed by atoms with Gasteiger partial charge >= 0.3 is 0 Å². The van der Waals surface area contributed by atoms with Crippen LogP contribution in [0.25, 0.3) is 11.1 Å². The SMILES string of the molecule is CS(=O)(=O)c1ccc(-c2ccccc2)c(C(=O)N2CCN(c3ccc(C#N)cc3)CC2)c1. The molecule has 0 atom stereocenters. The highest BCUT2D eigenvalue weighted by molar-refractivity contribution is 7.90. The minimum Gasteiger partial charge on any atom is -0.368 e. The molecule has 1 amide bonds. The number of carbonyl (C=O) groups excluding carboxylic acids is 1. The summed E-state index contributed by atoms with van der Waals surface area (Å²) < 4.78 is 24.3. The Labute approximate surface area is 188 Å². The largest absolute Gasteiger partial charge is 0.368 e. The third-order valence-corrected chi connectivity index (χ3v) is 6.77. The fourth-order valence-corrected chi connectivity index (χ4v) is 4.53. The van der Waals surface area contributed by atoms with Crippen molar-refractivity contribution < 1.29 is 13.2 Å². The van der Waals surface area contributed by atoms with E-state index >= 15 is 0 Å². The number of rotatable bonds is 4. The molecule has 32 heavy (non-hydrogen) atoms. The van der Waals surface area contributed by atoms with Gasteiger partial charge in [-0.1, -0.05) is 36.4 Å². The van der Waals surface area contributed by atoms with E-state index in [-0.39, 0.29) is 10.8 Å². The van der Waals surface area contributed by atoms with Gasteiger partial charge in [-0.15, -0.1) is 0 Å². The molecular formula is C25H23N3O3S. The van der Waals surface area contributed by atoms with Crippen LogP contribution in [0.4, 0.5) is 5.69 Å². The molecule has 6 nitrogen and oxygen atoms in total. The van der Waals surface area contributed by atoms with Crippen LogP contribution in [0.2, 0.25) is 0 Å². The molecule has 0 bridgehead atoms. The van der Waals surface area contributed by atoms with E-state index in [0.717, 1.165) is 23.1 Å². The predicted molar refractivity (Wildman–Crippen MR) is 124 cm³/mol. The number of sulfone groups is 1. The molecule has 4 rings (SSSR count). The van der Waals surface area contributed by atoms with Crippen LogP contribution in [0.1, 0.15) is 15.9 Å². The molecule has 3 aromatic carbocycles. The number of carbonyl (C=O) groups is 1. The second kappa shape index (κ2) is 8.85. The normalized spacial score (nSPS) is 14.1. The lowest BCUT2D eigenvalue weighted by atomic mass is 9.98. The lowest BCUT2D eigenvalue weighted by Crippen LogP contribution is -2.48. The summed E-state index contributed by atoms with van der Waals surface area (Å²) in [5.74, 6) is -0.172. The molecule has 0 unspecified atom stereocenters. The number of nitriles is 1. The Balaban J connectivity index is 1.59. The minimum absolute atomic E-state index is 0.136. The number of hydrogen-bond acceptors (Lipinski definition) is 5. The highest BCUT2D eigenvalue weighted by Gasteiger charge is 2.25. The third kappa shape index (κ3) is 4.51. The van der Waals surface area contributed by atoms with Gasteiger partial charge in [-0.3, -0.25) is 4.79 Å². The molecule has 162 valence electrons. The Hall–Kier alpha value is -3.63. The summed E-state index contributed by atoms with van der Waals surface area (Å²) in [4.78, 5) is 17.6. The maximum atomic E-state index is 13.5. The van der Waals surface area contributed by atoms with Crippen LogP contribution in [-0.4, -0.2) is 51.7 Å². The highest BCUT2D eigenvalue weighted by atomic mass is 32.2. The van der Waals surface area contributed by atoms with Crippen molar-refractivity contribution in [2.24, 2.45) is 0 Å². The fourth-order valence-electron chi connectivity index (χ4n) is 3.89. The van der Waals surface area contributed by atoms with Crippen LogP contribution in [0.15, 0.2) is 77.7 Å². The maximum absolute atomic E-state index is 13.5. The molecule has 0 radical (unpaired) electrons. The molecule has 1 aliphatic heterocycles. The van der Waals surface area contributed by atoms with Crippen molar-refractivity contribution >= 4 is 21.4 Å². The van der Waals surface area contributed by atoms with Crippen molar-refractivity contribution in [2.45, 2.75) is 4.90 Å². The van der Waals surface area contributed by atoms with Gasteiger partial charge in [0.1, 0.15) is 0 Å². The second-order valence-corrected chi connectivity index (χ2v) is 9.80. The number of piperazine rings is 1. The van der Waals surface area contributed by atoms with Gasteiger partial charge in [-0.05, 0) is 47.5 Å². The summed E-state index contributed by atoms with van der Waals surface area (Å²) in [6, 6.07) is 23.8. The van der Waals surface area contributed by atoms with Gasteiger partial charge in [0.2, 0.25) is 0 Å². The molecule has 0 saturated carbocycles. The molecule has 0 N–H and O–H groups in total. The van der Waals surface area contributed by atoms with Gasteiger partial charge in [0, 0.05) is 43.7 Å². The minimum atomic E-state index is -3.44. The molecule has 0 aromatic heterocycles. The van der Waals surface area contributed by atoms with E-state index in [2.05, 4.69) is 11.0 Å². The average Bonchev–Trinajstić information content (AvgIpc) is 2.83. The van der Waals surface area contributed by atoms with Crippen LogP contribution in [0.3, 0.4) is 0 Å². The molecule has 1 fully saturated rings. The Kier molecular flexibility index (Phi) is 5.97. The van der Waals surface area contributed by atoms with Crippen molar-refractivity contribution in [3.63, 3.8) is 0 Å². The van der Waals surface area contributed by atoms with Gasteiger partial charge < -0.3 is 9.80 Å². The Morgan fingerprint density at radius 1 is 0.906 bits per heavy atom. The summed E-state index contributed by atoms with van der Waals surface area (Å²) >= 11 is 0. The van der Waals surface area contributed by atoms with E-state index in [4.69, 9.17) is 5.26 Å². The van der Waals surface area contributed by atoms with Crippen molar-refractivity contribution in [2.75, 3.05) is 37.3 Å². The first-order valence-corrected chi connectivity index (χ1v) is 12.2. The lowest BCUT2D eigenvalue weighted by molar-refractivity contribution is 0.0747. The Bertz CT molecular complexity index is 1270. The molecule has 3 aromatic rings. The number of hydrogen-bond donors (Lipinski definition) is 0. The Morgan fingerprint density at radius 3 is 2.16 bits per heavy atom. The molecule has 1 heterocycles. The summed E-state index contributed by atoms with van der Waals surface area (Å²) in [6.07, 6.45) is 1.15. The predicted octanol–water partition coefficient (Wildman–Crippen LogP) is 3.59. The van der Waals surface area contributed by atoms with E-state index in [1.165, 1.54) is 6.07 Å². The van der Waals surface area contributed by atoms with Crippen LogP contribution in [0, 0.1) is 11.3 Å². The van der Waals surface area contributed by atoms with Gasteiger partial charge in [0.05, 0.1) is 16.5 Å². The van der Waals surface area contributed by atoms with E-state index < -0.39 is 9.84 Å². The summed E-state index contributed by atoms with van der Waals surface area (Å²) in [7, 11) is -3.44.